The molecule has 0 radical (unpaired) electrons. The smallest absolute Gasteiger partial charge is 0.264 e. The molecule has 0 saturated carbocycles. The Bertz CT molecular complexity index is 1040. The average molecular weight is 473 g/mol. The molecule has 4 rings (SSSR count). The first kappa shape index (κ1) is 22.6. The molecular weight excluding hydrogens is 448 g/mol. The summed E-state index contributed by atoms with van der Waals surface area (Å²) >= 11 is 6.71. The summed E-state index contributed by atoms with van der Waals surface area (Å²) in [4.78, 5) is 29.6. The number of nitrogens with zero attached hydrogens (tertiary/aromatic N) is 5. The number of rotatable bonds is 9. The second kappa shape index (κ2) is 10.8. The van der Waals surface area contributed by atoms with Crippen LogP contribution in [0.5, 0.6) is 0 Å². The number of benzene rings is 1. The van der Waals surface area contributed by atoms with Crippen LogP contribution >= 0.6 is 22.9 Å². The van der Waals surface area contributed by atoms with Crippen molar-refractivity contribution in [3.05, 3.63) is 58.9 Å². The largest absolute Gasteiger partial charge is 0.375 e. The molecule has 0 bridgehead atoms. The number of carbonyl (C=O) groups excluding carboxylic acids is 1. The average Bonchev–Trinajstić information content (AvgIpc) is 3.26. The molecule has 1 fully saturated rings. The zero-order valence-electron chi connectivity index (χ0n) is 17.8. The highest BCUT2D eigenvalue weighted by Gasteiger charge is 2.19. The standard InChI is InChI=1S/C22H25ClN6O2S/c1-16-25-19(27-22-24-14-18(32-22)21(23)30)13-20(26-16)29-9-7-28(8-10-29)11-12-31-15-17-5-3-2-4-6-17/h2-6,13-14H,7-12,15H2,1H3,(H,24,25,26,27). The minimum absolute atomic E-state index is 0.393. The number of halogens is 1. The van der Waals surface area contributed by atoms with Crippen LogP contribution in [0.1, 0.15) is 21.1 Å². The molecule has 0 unspecified atom stereocenters. The number of anilines is 3. The predicted octanol–water partition coefficient (Wildman–Crippen LogP) is 3.70. The van der Waals surface area contributed by atoms with E-state index in [1.807, 2.05) is 31.2 Å². The number of aryl methyl sites for hydroxylation is 1. The maximum absolute atomic E-state index is 11.3. The zero-order valence-corrected chi connectivity index (χ0v) is 19.4. The van der Waals surface area contributed by atoms with Gasteiger partial charge in [0.25, 0.3) is 5.24 Å². The Labute approximate surface area is 196 Å². The van der Waals surface area contributed by atoms with Gasteiger partial charge in [0, 0.05) is 38.8 Å². The van der Waals surface area contributed by atoms with E-state index in [9.17, 15) is 4.79 Å². The summed E-state index contributed by atoms with van der Waals surface area (Å²) in [7, 11) is 0. The van der Waals surface area contributed by atoms with Crippen molar-refractivity contribution >= 4 is 44.9 Å². The summed E-state index contributed by atoms with van der Waals surface area (Å²) in [5, 5.41) is 3.20. The van der Waals surface area contributed by atoms with Gasteiger partial charge in [-0.2, -0.15) is 0 Å². The van der Waals surface area contributed by atoms with Crippen molar-refractivity contribution in [1.29, 1.82) is 0 Å². The maximum Gasteiger partial charge on any atom is 0.264 e. The lowest BCUT2D eigenvalue weighted by molar-refractivity contribution is 0.0906. The third-order valence-corrected chi connectivity index (χ3v) is 6.35. The van der Waals surface area contributed by atoms with E-state index >= 15 is 0 Å². The van der Waals surface area contributed by atoms with Crippen molar-refractivity contribution in [2.45, 2.75) is 13.5 Å². The van der Waals surface area contributed by atoms with Crippen molar-refractivity contribution in [3.8, 4) is 0 Å². The molecule has 3 heterocycles. The van der Waals surface area contributed by atoms with Crippen molar-refractivity contribution in [2.75, 3.05) is 49.5 Å². The lowest BCUT2D eigenvalue weighted by Gasteiger charge is -2.35. The van der Waals surface area contributed by atoms with Crippen LogP contribution in [0.15, 0.2) is 42.6 Å². The Morgan fingerprint density at radius 2 is 1.97 bits per heavy atom. The molecule has 2 aromatic heterocycles. The lowest BCUT2D eigenvalue weighted by atomic mass is 10.2. The van der Waals surface area contributed by atoms with Gasteiger partial charge in [0.05, 0.1) is 19.4 Å². The fourth-order valence-electron chi connectivity index (χ4n) is 3.47. The Hall–Kier alpha value is -2.59. The Balaban J connectivity index is 1.27. The summed E-state index contributed by atoms with van der Waals surface area (Å²) in [6.07, 6.45) is 1.46. The van der Waals surface area contributed by atoms with Gasteiger partial charge in [-0.05, 0) is 24.1 Å². The van der Waals surface area contributed by atoms with Crippen LogP contribution in [-0.2, 0) is 11.3 Å². The summed E-state index contributed by atoms with van der Waals surface area (Å²) in [6.45, 7) is 7.83. The van der Waals surface area contributed by atoms with E-state index in [1.165, 1.54) is 23.1 Å². The highest BCUT2D eigenvalue weighted by molar-refractivity contribution is 7.19. The minimum Gasteiger partial charge on any atom is -0.375 e. The molecule has 3 aromatic rings. The van der Waals surface area contributed by atoms with Gasteiger partial charge in [-0.15, -0.1) is 0 Å². The number of carbonyl (C=O) groups is 1. The molecule has 0 atom stereocenters. The Morgan fingerprint density at radius 3 is 2.69 bits per heavy atom. The molecule has 1 aromatic carbocycles. The van der Waals surface area contributed by atoms with E-state index in [1.54, 1.807) is 0 Å². The molecule has 0 amide bonds. The highest BCUT2D eigenvalue weighted by atomic mass is 35.5. The molecule has 32 heavy (non-hydrogen) atoms. The zero-order chi connectivity index (χ0) is 22.3. The second-order valence-electron chi connectivity index (χ2n) is 7.45. The number of hydrogen-bond donors (Lipinski definition) is 1. The third-order valence-electron chi connectivity index (χ3n) is 5.12. The summed E-state index contributed by atoms with van der Waals surface area (Å²) in [5.41, 5.74) is 1.20. The second-order valence-corrected chi connectivity index (χ2v) is 8.83. The van der Waals surface area contributed by atoms with Gasteiger partial charge in [-0.1, -0.05) is 41.7 Å². The van der Waals surface area contributed by atoms with E-state index in [0.717, 1.165) is 45.1 Å². The van der Waals surface area contributed by atoms with Crippen LogP contribution in [-0.4, -0.2) is 64.4 Å². The van der Waals surface area contributed by atoms with Crippen LogP contribution in [0.4, 0.5) is 16.8 Å². The molecular formula is C22H25ClN6O2S. The van der Waals surface area contributed by atoms with Crippen LogP contribution in [0.25, 0.3) is 0 Å². The molecule has 0 spiro atoms. The highest BCUT2D eigenvalue weighted by Crippen LogP contribution is 2.25. The summed E-state index contributed by atoms with van der Waals surface area (Å²) in [6, 6.07) is 12.1. The number of thiazole rings is 1. The van der Waals surface area contributed by atoms with Gasteiger partial charge in [0.2, 0.25) is 0 Å². The van der Waals surface area contributed by atoms with E-state index in [-0.39, 0.29) is 0 Å². The molecule has 1 aliphatic rings. The molecule has 1 saturated heterocycles. The predicted molar refractivity (Wildman–Crippen MR) is 127 cm³/mol. The van der Waals surface area contributed by atoms with E-state index in [4.69, 9.17) is 16.3 Å². The van der Waals surface area contributed by atoms with Crippen LogP contribution < -0.4 is 10.2 Å². The molecule has 0 aliphatic carbocycles. The molecule has 10 heteroatoms. The number of ether oxygens (including phenoxy) is 1. The monoisotopic (exact) mass is 472 g/mol. The molecule has 1 N–H and O–H groups in total. The van der Waals surface area contributed by atoms with Gasteiger partial charge >= 0.3 is 0 Å². The first-order chi connectivity index (χ1) is 15.6. The number of piperazine rings is 1. The van der Waals surface area contributed by atoms with Crippen LogP contribution in [0, 0.1) is 6.92 Å². The SMILES string of the molecule is Cc1nc(Nc2ncc(C(=O)Cl)s2)cc(N2CCN(CCOCc3ccccc3)CC2)n1. The number of aromatic nitrogens is 3. The summed E-state index contributed by atoms with van der Waals surface area (Å²) < 4.78 is 5.82. The number of hydrogen-bond acceptors (Lipinski definition) is 9. The fourth-order valence-corrected chi connectivity index (χ4v) is 4.29. The van der Waals surface area contributed by atoms with Crippen molar-refractivity contribution < 1.29 is 9.53 Å². The van der Waals surface area contributed by atoms with E-state index < -0.39 is 5.24 Å². The van der Waals surface area contributed by atoms with Gasteiger partial charge < -0.3 is 15.0 Å². The van der Waals surface area contributed by atoms with Crippen LogP contribution in [0.2, 0.25) is 0 Å². The van der Waals surface area contributed by atoms with Gasteiger partial charge in [0.15, 0.2) is 5.13 Å². The normalized spacial score (nSPS) is 14.5. The molecule has 1 aliphatic heterocycles. The first-order valence-electron chi connectivity index (χ1n) is 10.4. The Kier molecular flexibility index (Phi) is 7.64. The van der Waals surface area contributed by atoms with Gasteiger partial charge in [-0.3, -0.25) is 9.69 Å². The Morgan fingerprint density at radius 1 is 1.19 bits per heavy atom. The van der Waals surface area contributed by atoms with Crippen molar-refractivity contribution in [3.63, 3.8) is 0 Å². The topological polar surface area (TPSA) is 83.5 Å². The number of nitrogens with one attached hydrogen (secondary N) is 1. The first-order valence-corrected chi connectivity index (χ1v) is 11.6. The van der Waals surface area contributed by atoms with Crippen molar-refractivity contribution in [1.82, 2.24) is 19.9 Å². The quantitative estimate of drug-likeness (QED) is 0.373. The summed E-state index contributed by atoms with van der Waals surface area (Å²) in [5.74, 6) is 2.20. The van der Waals surface area contributed by atoms with E-state index in [0.29, 0.717) is 28.3 Å². The van der Waals surface area contributed by atoms with Crippen molar-refractivity contribution in [2.24, 2.45) is 0 Å². The lowest BCUT2D eigenvalue weighted by Crippen LogP contribution is -2.47. The van der Waals surface area contributed by atoms with Gasteiger partial charge in [-0.25, -0.2) is 15.0 Å². The van der Waals surface area contributed by atoms with Crippen LogP contribution in [0.3, 0.4) is 0 Å². The third kappa shape index (κ3) is 6.23. The molecule has 8 nitrogen and oxygen atoms in total. The fraction of sp³-hybridized carbons (Fsp3) is 0.364. The minimum atomic E-state index is -0.515. The molecule has 168 valence electrons. The van der Waals surface area contributed by atoms with E-state index in [2.05, 4.69) is 42.2 Å². The maximum atomic E-state index is 11.3. The van der Waals surface area contributed by atoms with Gasteiger partial charge in [0.1, 0.15) is 22.3 Å².